The van der Waals surface area contributed by atoms with Crippen LogP contribution in [-0.4, -0.2) is 19.2 Å². The molecular formula is C15H14FN3O5S. The van der Waals surface area contributed by atoms with Gasteiger partial charge in [0.2, 0.25) is 10.0 Å². The molecule has 3 N–H and O–H groups in total. The van der Waals surface area contributed by atoms with Crippen molar-refractivity contribution in [2.75, 3.05) is 5.32 Å². The van der Waals surface area contributed by atoms with E-state index in [2.05, 4.69) is 5.32 Å². The fourth-order valence-electron chi connectivity index (χ4n) is 2.10. The predicted octanol–water partition coefficient (Wildman–Crippen LogP) is 2.08. The van der Waals surface area contributed by atoms with E-state index < -0.39 is 32.4 Å². The Bertz CT molecular complexity index is 942. The number of hydrogen-bond acceptors (Lipinski definition) is 5. The van der Waals surface area contributed by atoms with Gasteiger partial charge < -0.3 is 5.32 Å². The number of hydrogen-bond donors (Lipinski definition) is 2. The van der Waals surface area contributed by atoms with Crippen LogP contribution in [0.5, 0.6) is 0 Å². The lowest BCUT2D eigenvalue weighted by molar-refractivity contribution is -0.385. The van der Waals surface area contributed by atoms with Crippen molar-refractivity contribution in [3.63, 3.8) is 0 Å². The Morgan fingerprint density at radius 1 is 1.28 bits per heavy atom. The summed E-state index contributed by atoms with van der Waals surface area (Å²) in [5.41, 5.74) is -0.115. The van der Waals surface area contributed by atoms with E-state index in [4.69, 9.17) is 5.14 Å². The topological polar surface area (TPSA) is 132 Å². The van der Waals surface area contributed by atoms with Gasteiger partial charge in [-0.2, -0.15) is 0 Å². The zero-order valence-corrected chi connectivity index (χ0v) is 13.8. The molecule has 8 nitrogen and oxygen atoms in total. The summed E-state index contributed by atoms with van der Waals surface area (Å²) in [4.78, 5) is 22.3. The van der Waals surface area contributed by atoms with Crippen LogP contribution in [-0.2, 0) is 15.8 Å². The highest BCUT2D eigenvalue weighted by atomic mass is 32.2. The lowest BCUT2D eigenvalue weighted by Crippen LogP contribution is -2.15. The summed E-state index contributed by atoms with van der Waals surface area (Å²) in [7, 11) is -3.67. The molecule has 0 saturated carbocycles. The Morgan fingerprint density at radius 3 is 2.40 bits per heavy atom. The molecular weight excluding hydrogens is 353 g/mol. The van der Waals surface area contributed by atoms with Gasteiger partial charge >= 0.3 is 0 Å². The van der Waals surface area contributed by atoms with Crippen LogP contribution in [0.2, 0.25) is 0 Å². The van der Waals surface area contributed by atoms with Gasteiger partial charge in [-0.25, -0.2) is 17.9 Å². The van der Waals surface area contributed by atoms with E-state index >= 15 is 0 Å². The molecule has 0 bridgehead atoms. The summed E-state index contributed by atoms with van der Waals surface area (Å²) >= 11 is 0. The van der Waals surface area contributed by atoms with E-state index in [9.17, 15) is 27.7 Å². The maximum atomic E-state index is 13.8. The number of carbonyl (C=O) groups is 1. The first-order valence-electron chi connectivity index (χ1n) is 6.92. The maximum absolute atomic E-state index is 13.8. The maximum Gasteiger partial charge on any atom is 0.276 e. The summed E-state index contributed by atoms with van der Waals surface area (Å²) in [5.74, 6) is -1.94. The summed E-state index contributed by atoms with van der Waals surface area (Å²) in [6.07, 6.45) is 0. The lowest BCUT2D eigenvalue weighted by atomic mass is 10.1. The first-order chi connectivity index (χ1) is 11.6. The number of amides is 1. The fraction of sp³-hybridized carbons (Fsp3) is 0.133. The van der Waals surface area contributed by atoms with Crippen molar-refractivity contribution >= 4 is 27.3 Å². The van der Waals surface area contributed by atoms with Crippen LogP contribution >= 0.6 is 0 Å². The third-order valence-corrected chi connectivity index (χ3v) is 4.09. The van der Waals surface area contributed by atoms with Crippen LogP contribution in [0.25, 0.3) is 0 Å². The van der Waals surface area contributed by atoms with Gasteiger partial charge in [-0.05, 0) is 30.7 Å². The fourth-order valence-corrected chi connectivity index (χ4v) is 2.76. The van der Waals surface area contributed by atoms with E-state index in [0.717, 1.165) is 12.1 Å². The molecule has 0 heterocycles. The number of benzene rings is 2. The third-order valence-electron chi connectivity index (χ3n) is 3.36. The average molecular weight is 367 g/mol. The van der Waals surface area contributed by atoms with Crippen molar-refractivity contribution in [2.24, 2.45) is 5.14 Å². The van der Waals surface area contributed by atoms with Gasteiger partial charge in [-0.1, -0.05) is 12.1 Å². The van der Waals surface area contributed by atoms with Crippen molar-refractivity contribution in [3.8, 4) is 0 Å². The number of primary sulfonamides is 1. The summed E-state index contributed by atoms with van der Waals surface area (Å²) in [6.45, 7) is 1.25. The van der Waals surface area contributed by atoms with Crippen molar-refractivity contribution < 1.29 is 22.5 Å². The zero-order chi connectivity index (χ0) is 18.8. The minimum absolute atomic E-state index is 0.158. The summed E-state index contributed by atoms with van der Waals surface area (Å²) in [6, 6.07) is 7.70. The summed E-state index contributed by atoms with van der Waals surface area (Å²) in [5, 5.41) is 18.3. The lowest BCUT2D eigenvalue weighted by Gasteiger charge is -2.08. The van der Waals surface area contributed by atoms with Crippen molar-refractivity contribution in [1.29, 1.82) is 0 Å². The molecule has 0 aromatic heterocycles. The van der Waals surface area contributed by atoms with E-state index in [-0.39, 0.29) is 16.9 Å². The van der Waals surface area contributed by atoms with Crippen molar-refractivity contribution in [3.05, 3.63) is 69.0 Å². The molecule has 2 aromatic rings. The molecule has 0 spiro atoms. The van der Waals surface area contributed by atoms with Crippen LogP contribution < -0.4 is 10.5 Å². The van der Waals surface area contributed by atoms with Gasteiger partial charge in [0.1, 0.15) is 5.82 Å². The molecule has 2 rings (SSSR count). The first-order valence-corrected chi connectivity index (χ1v) is 8.63. The van der Waals surface area contributed by atoms with Crippen LogP contribution in [0.4, 0.5) is 15.8 Å². The number of nitrogens with two attached hydrogens (primary N) is 1. The normalized spacial score (nSPS) is 11.2. The second kappa shape index (κ2) is 6.95. The highest BCUT2D eigenvalue weighted by Gasteiger charge is 2.19. The number of nitrogens with zero attached hydrogens (tertiary/aromatic N) is 1. The molecule has 132 valence electrons. The van der Waals surface area contributed by atoms with E-state index in [0.29, 0.717) is 11.3 Å². The average Bonchev–Trinajstić information content (AvgIpc) is 2.50. The molecule has 0 fully saturated rings. The number of halogens is 1. The van der Waals surface area contributed by atoms with Gasteiger partial charge in [0.15, 0.2) is 0 Å². The number of sulfonamides is 1. The smallest absolute Gasteiger partial charge is 0.276 e. The van der Waals surface area contributed by atoms with Crippen LogP contribution in [0.3, 0.4) is 0 Å². The Hall–Kier alpha value is -2.85. The van der Waals surface area contributed by atoms with Crippen molar-refractivity contribution in [2.45, 2.75) is 12.7 Å². The minimum atomic E-state index is -3.67. The van der Waals surface area contributed by atoms with Crippen LogP contribution in [0, 0.1) is 22.9 Å². The predicted molar refractivity (Wildman–Crippen MR) is 89.0 cm³/mol. The molecule has 0 atom stereocenters. The molecule has 25 heavy (non-hydrogen) atoms. The minimum Gasteiger partial charge on any atom is -0.322 e. The number of nitrogens with one attached hydrogen (secondary N) is 1. The third kappa shape index (κ3) is 4.81. The number of anilines is 1. The Morgan fingerprint density at radius 2 is 1.88 bits per heavy atom. The number of nitro groups is 1. The number of rotatable bonds is 5. The monoisotopic (exact) mass is 367 g/mol. The second-order valence-corrected chi connectivity index (χ2v) is 6.93. The highest BCUT2D eigenvalue weighted by Crippen LogP contribution is 2.23. The zero-order valence-electron chi connectivity index (χ0n) is 13.0. The molecule has 0 saturated heterocycles. The molecule has 10 heteroatoms. The molecule has 0 radical (unpaired) electrons. The molecule has 0 aliphatic carbocycles. The van der Waals surface area contributed by atoms with Crippen LogP contribution in [0.15, 0.2) is 36.4 Å². The summed E-state index contributed by atoms with van der Waals surface area (Å²) < 4.78 is 35.8. The molecule has 1 amide bonds. The Kier molecular flexibility index (Phi) is 5.14. The van der Waals surface area contributed by atoms with E-state index in [1.54, 1.807) is 0 Å². The number of nitro benzene ring substituents is 1. The molecule has 0 unspecified atom stereocenters. The van der Waals surface area contributed by atoms with Gasteiger partial charge in [-0.15, -0.1) is 0 Å². The standard InChI is InChI=1S/C15H14FN3O5S/c1-9-13(16)6-11(7-14(9)19(21)22)15(20)18-12-4-2-10(3-5-12)8-25(17,23)24/h2-7H,8H2,1H3,(H,18,20)(H2,17,23,24). The largest absolute Gasteiger partial charge is 0.322 e. The molecule has 0 aliphatic rings. The Balaban J connectivity index is 2.21. The SMILES string of the molecule is Cc1c(F)cc(C(=O)Nc2ccc(CS(N)(=O)=O)cc2)cc1[N+](=O)[O-]. The van der Waals surface area contributed by atoms with E-state index in [1.165, 1.54) is 31.2 Å². The molecule has 0 aliphatic heterocycles. The van der Waals surface area contributed by atoms with Gasteiger partial charge in [0, 0.05) is 17.3 Å². The Labute approximate surface area is 142 Å². The number of carbonyl (C=O) groups excluding carboxylic acids is 1. The van der Waals surface area contributed by atoms with Crippen molar-refractivity contribution in [1.82, 2.24) is 0 Å². The quantitative estimate of drug-likeness (QED) is 0.617. The van der Waals surface area contributed by atoms with Gasteiger partial charge in [-0.3, -0.25) is 14.9 Å². The first kappa shape index (κ1) is 18.5. The second-order valence-electron chi connectivity index (χ2n) is 5.32. The highest BCUT2D eigenvalue weighted by molar-refractivity contribution is 7.88. The van der Waals surface area contributed by atoms with Gasteiger partial charge in [0.25, 0.3) is 11.6 Å². The van der Waals surface area contributed by atoms with E-state index in [1.807, 2.05) is 0 Å². The van der Waals surface area contributed by atoms with Crippen LogP contribution in [0.1, 0.15) is 21.5 Å². The van der Waals surface area contributed by atoms with Gasteiger partial charge in [0.05, 0.1) is 16.2 Å². The molecule has 2 aromatic carbocycles.